The number of hydrogen-bond acceptors (Lipinski definition) is 4. The lowest BCUT2D eigenvalue weighted by Crippen LogP contribution is -2.40. The number of carbonyl (C=O) groups is 1. The predicted molar refractivity (Wildman–Crippen MR) is 76.6 cm³/mol. The van der Waals surface area contributed by atoms with Crippen LogP contribution in [0.2, 0.25) is 0 Å². The van der Waals surface area contributed by atoms with Crippen molar-refractivity contribution in [1.29, 1.82) is 0 Å². The van der Waals surface area contributed by atoms with E-state index in [0.29, 0.717) is 12.4 Å². The van der Waals surface area contributed by atoms with Gasteiger partial charge in [0.05, 0.1) is 6.54 Å². The van der Waals surface area contributed by atoms with Crippen LogP contribution in [0.5, 0.6) is 0 Å². The second-order valence-electron chi connectivity index (χ2n) is 4.95. The Bertz CT molecular complexity index is 388. The van der Waals surface area contributed by atoms with Crippen molar-refractivity contribution in [2.75, 3.05) is 25.4 Å². The molecule has 0 aliphatic carbocycles. The number of carbonyl (C=O) groups excluding carboxylic acids is 1. The molecule has 3 N–H and O–H groups in total. The summed E-state index contributed by atoms with van der Waals surface area (Å²) >= 11 is 0. The fourth-order valence-electron chi connectivity index (χ4n) is 1.88. The van der Waals surface area contributed by atoms with Crippen LogP contribution in [-0.2, 0) is 11.3 Å². The SMILES string of the molecule is CCN(CCCn1ccc(N)n1)CC(=O)NC(C)C. The van der Waals surface area contributed by atoms with Crippen molar-refractivity contribution < 1.29 is 4.79 Å². The number of nitrogen functional groups attached to an aromatic ring is 1. The van der Waals surface area contributed by atoms with E-state index in [1.54, 1.807) is 6.07 Å². The first-order valence-corrected chi connectivity index (χ1v) is 6.82. The van der Waals surface area contributed by atoms with E-state index >= 15 is 0 Å². The van der Waals surface area contributed by atoms with Gasteiger partial charge in [-0.15, -0.1) is 0 Å². The summed E-state index contributed by atoms with van der Waals surface area (Å²) in [5.74, 6) is 0.629. The molecular formula is C13H25N5O. The Morgan fingerprint density at radius 3 is 2.84 bits per heavy atom. The lowest BCUT2D eigenvalue weighted by atomic mass is 10.3. The van der Waals surface area contributed by atoms with Gasteiger partial charge < -0.3 is 11.1 Å². The highest BCUT2D eigenvalue weighted by atomic mass is 16.2. The molecule has 0 aliphatic rings. The third-order valence-corrected chi connectivity index (χ3v) is 2.79. The van der Waals surface area contributed by atoms with Crippen molar-refractivity contribution in [2.24, 2.45) is 0 Å². The van der Waals surface area contributed by atoms with Gasteiger partial charge in [-0.2, -0.15) is 5.10 Å². The number of aryl methyl sites for hydroxylation is 1. The topological polar surface area (TPSA) is 76.2 Å². The van der Waals surface area contributed by atoms with E-state index in [2.05, 4.69) is 22.2 Å². The van der Waals surface area contributed by atoms with Crippen molar-refractivity contribution in [1.82, 2.24) is 20.0 Å². The van der Waals surface area contributed by atoms with Crippen molar-refractivity contribution in [3.8, 4) is 0 Å². The van der Waals surface area contributed by atoms with Gasteiger partial charge in [-0.25, -0.2) is 0 Å². The number of hydrogen-bond donors (Lipinski definition) is 2. The van der Waals surface area contributed by atoms with Gasteiger partial charge in [0.2, 0.25) is 5.91 Å². The number of aromatic nitrogens is 2. The number of nitrogens with one attached hydrogen (secondary N) is 1. The quantitative estimate of drug-likeness (QED) is 0.727. The Labute approximate surface area is 114 Å². The third-order valence-electron chi connectivity index (χ3n) is 2.79. The monoisotopic (exact) mass is 267 g/mol. The summed E-state index contributed by atoms with van der Waals surface area (Å²) in [4.78, 5) is 13.8. The maximum Gasteiger partial charge on any atom is 0.234 e. The molecule has 0 saturated heterocycles. The molecule has 108 valence electrons. The smallest absolute Gasteiger partial charge is 0.234 e. The fourth-order valence-corrected chi connectivity index (χ4v) is 1.88. The minimum Gasteiger partial charge on any atom is -0.382 e. The normalized spacial score (nSPS) is 11.2. The molecule has 0 atom stereocenters. The zero-order valence-corrected chi connectivity index (χ0v) is 12.1. The fraction of sp³-hybridized carbons (Fsp3) is 0.692. The van der Waals surface area contributed by atoms with Crippen LogP contribution >= 0.6 is 0 Å². The van der Waals surface area contributed by atoms with Gasteiger partial charge in [-0.1, -0.05) is 6.92 Å². The van der Waals surface area contributed by atoms with E-state index in [1.807, 2.05) is 24.7 Å². The van der Waals surface area contributed by atoms with Crippen LogP contribution in [0.3, 0.4) is 0 Å². The van der Waals surface area contributed by atoms with Gasteiger partial charge in [0.15, 0.2) is 0 Å². The zero-order valence-electron chi connectivity index (χ0n) is 12.1. The van der Waals surface area contributed by atoms with Gasteiger partial charge >= 0.3 is 0 Å². The molecule has 0 spiro atoms. The van der Waals surface area contributed by atoms with E-state index in [9.17, 15) is 4.79 Å². The van der Waals surface area contributed by atoms with Crippen molar-refractivity contribution in [3.63, 3.8) is 0 Å². The summed E-state index contributed by atoms with van der Waals surface area (Å²) in [6.45, 7) is 9.02. The van der Waals surface area contributed by atoms with E-state index in [-0.39, 0.29) is 11.9 Å². The molecule has 6 nitrogen and oxygen atoms in total. The largest absolute Gasteiger partial charge is 0.382 e. The first-order valence-electron chi connectivity index (χ1n) is 6.82. The van der Waals surface area contributed by atoms with Crippen molar-refractivity contribution >= 4 is 11.7 Å². The number of amides is 1. The van der Waals surface area contributed by atoms with Gasteiger partial charge in [0.1, 0.15) is 5.82 Å². The highest BCUT2D eigenvalue weighted by Gasteiger charge is 2.09. The minimum absolute atomic E-state index is 0.0835. The minimum atomic E-state index is 0.0835. The van der Waals surface area contributed by atoms with E-state index < -0.39 is 0 Å². The number of nitrogens with two attached hydrogens (primary N) is 1. The maximum absolute atomic E-state index is 11.7. The standard InChI is InChI=1S/C13H25N5O/c1-4-17(10-13(19)15-11(2)3)7-5-8-18-9-6-12(14)16-18/h6,9,11H,4-5,7-8,10H2,1-3H3,(H2,14,16)(H,15,19). The summed E-state index contributed by atoms with van der Waals surface area (Å²) in [7, 11) is 0. The first kappa shape index (κ1) is 15.5. The van der Waals surface area contributed by atoms with E-state index in [4.69, 9.17) is 5.73 Å². The van der Waals surface area contributed by atoms with Crippen LogP contribution in [0.1, 0.15) is 27.2 Å². The second-order valence-corrected chi connectivity index (χ2v) is 4.95. The molecule has 0 aromatic carbocycles. The van der Waals surface area contributed by atoms with E-state index in [1.165, 1.54) is 0 Å². The lowest BCUT2D eigenvalue weighted by molar-refractivity contribution is -0.122. The molecule has 0 bridgehead atoms. The second kappa shape index (κ2) is 7.78. The Morgan fingerprint density at radius 2 is 2.32 bits per heavy atom. The molecule has 1 amide bonds. The van der Waals surface area contributed by atoms with Gasteiger partial charge in [-0.3, -0.25) is 14.4 Å². The Kier molecular flexibility index (Phi) is 6.35. The van der Waals surface area contributed by atoms with Crippen LogP contribution in [0.25, 0.3) is 0 Å². The summed E-state index contributed by atoms with van der Waals surface area (Å²) < 4.78 is 1.83. The summed E-state index contributed by atoms with van der Waals surface area (Å²) in [6.07, 6.45) is 2.82. The van der Waals surface area contributed by atoms with Crippen molar-refractivity contribution in [3.05, 3.63) is 12.3 Å². The molecule has 0 radical (unpaired) electrons. The molecule has 0 saturated carbocycles. The Morgan fingerprint density at radius 1 is 1.58 bits per heavy atom. The number of likely N-dealkylation sites (N-methyl/N-ethyl adjacent to an activating group) is 1. The number of anilines is 1. The number of nitrogens with zero attached hydrogens (tertiary/aromatic N) is 3. The van der Waals surface area contributed by atoms with Gasteiger partial charge in [0.25, 0.3) is 0 Å². The molecule has 1 rings (SSSR count). The predicted octanol–water partition coefficient (Wildman–Crippen LogP) is 0.702. The van der Waals surface area contributed by atoms with Crippen LogP contribution in [-0.4, -0.2) is 46.3 Å². The highest BCUT2D eigenvalue weighted by Crippen LogP contribution is 1.99. The maximum atomic E-state index is 11.7. The summed E-state index contributed by atoms with van der Waals surface area (Å²) in [6, 6.07) is 1.98. The Hall–Kier alpha value is -1.56. The van der Waals surface area contributed by atoms with Crippen LogP contribution < -0.4 is 11.1 Å². The molecular weight excluding hydrogens is 242 g/mol. The molecule has 1 aromatic heterocycles. The molecule has 1 heterocycles. The van der Waals surface area contributed by atoms with E-state index in [0.717, 1.165) is 26.1 Å². The molecule has 19 heavy (non-hydrogen) atoms. The average Bonchev–Trinajstić information content (AvgIpc) is 2.72. The van der Waals surface area contributed by atoms with Crippen molar-refractivity contribution in [2.45, 2.75) is 39.8 Å². The van der Waals surface area contributed by atoms with Gasteiger partial charge in [0, 0.05) is 25.3 Å². The highest BCUT2D eigenvalue weighted by molar-refractivity contribution is 5.78. The zero-order chi connectivity index (χ0) is 14.3. The average molecular weight is 267 g/mol. The Balaban J connectivity index is 2.26. The van der Waals surface area contributed by atoms with Crippen LogP contribution in [0.4, 0.5) is 5.82 Å². The third kappa shape index (κ3) is 6.24. The van der Waals surface area contributed by atoms with Crippen LogP contribution in [0, 0.1) is 0 Å². The first-order chi connectivity index (χ1) is 9.01. The molecule has 0 aliphatic heterocycles. The van der Waals surface area contributed by atoms with Gasteiger partial charge in [-0.05, 0) is 32.9 Å². The lowest BCUT2D eigenvalue weighted by Gasteiger charge is -2.20. The van der Waals surface area contributed by atoms with Crippen LogP contribution in [0.15, 0.2) is 12.3 Å². The molecule has 1 aromatic rings. The molecule has 0 unspecified atom stereocenters. The summed E-state index contributed by atoms with van der Waals surface area (Å²) in [5.41, 5.74) is 5.55. The molecule has 0 fully saturated rings. The summed E-state index contributed by atoms with van der Waals surface area (Å²) in [5, 5.41) is 7.03. The molecule has 6 heteroatoms. The number of rotatable bonds is 8.